The standard InChI is InChI=1S/C19H22N4O2/c1-4-23-17-11-6-5-10-16(17)21-18(23)13-22(2)19(24)20-14-8-7-9-15(12-14)25-3/h5-12H,4,13H2,1-3H3,(H,20,24). The maximum Gasteiger partial charge on any atom is 0.321 e. The molecule has 1 aromatic heterocycles. The molecule has 0 bridgehead atoms. The lowest BCUT2D eigenvalue weighted by atomic mass is 10.3. The molecule has 0 aliphatic rings. The Morgan fingerprint density at radius 2 is 2.04 bits per heavy atom. The van der Waals surface area contributed by atoms with E-state index in [2.05, 4.69) is 21.8 Å². The molecule has 6 heteroatoms. The number of methoxy groups -OCH3 is 1. The Kier molecular flexibility index (Phi) is 4.88. The van der Waals surface area contributed by atoms with Crippen LogP contribution in [0.25, 0.3) is 11.0 Å². The highest BCUT2D eigenvalue weighted by molar-refractivity contribution is 5.89. The number of aromatic nitrogens is 2. The van der Waals surface area contributed by atoms with Crippen molar-refractivity contribution in [1.82, 2.24) is 14.5 Å². The molecule has 2 amide bonds. The van der Waals surface area contributed by atoms with E-state index < -0.39 is 0 Å². The van der Waals surface area contributed by atoms with Crippen LogP contribution in [-0.2, 0) is 13.1 Å². The van der Waals surface area contributed by atoms with Crippen LogP contribution in [-0.4, -0.2) is 34.6 Å². The van der Waals surface area contributed by atoms with E-state index in [9.17, 15) is 4.79 Å². The molecule has 1 N–H and O–H groups in total. The summed E-state index contributed by atoms with van der Waals surface area (Å²) in [5, 5.41) is 2.88. The number of ether oxygens (including phenoxy) is 1. The Morgan fingerprint density at radius 1 is 1.24 bits per heavy atom. The second-order valence-corrected chi connectivity index (χ2v) is 5.78. The van der Waals surface area contributed by atoms with E-state index in [0.717, 1.165) is 23.4 Å². The maximum atomic E-state index is 12.5. The van der Waals surface area contributed by atoms with Crippen molar-refractivity contribution >= 4 is 22.8 Å². The molecule has 0 atom stereocenters. The van der Waals surface area contributed by atoms with E-state index in [4.69, 9.17) is 4.74 Å². The van der Waals surface area contributed by atoms with Crippen LogP contribution < -0.4 is 10.1 Å². The number of carbonyl (C=O) groups is 1. The number of imidazole rings is 1. The van der Waals surface area contributed by atoms with Gasteiger partial charge in [-0.15, -0.1) is 0 Å². The van der Waals surface area contributed by atoms with Gasteiger partial charge >= 0.3 is 6.03 Å². The van der Waals surface area contributed by atoms with Crippen molar-refractivity contribution in [3.63, 3.8) is 0 Å². The monoisotopic (exact) mass is 338 g/mol. The Hall–Kier alpha value is -3.02. The molecule has 2 aromatic carbocycles. The van der Waals surface area contributed by atoms with Crippen molar-refractivity contribution in [1.29, 1.82) is 0 Å². The molecular weight excluding hydrogens is 316 g/mol. The summed E-state index contributed by atoms with van der Waals surface area (Å²) < 4.78 is 7.31. The Morgan fingerprint density at radius 3 is 2.80 bits per heavy atom. The van der Waals surface area contributed by atoms with E-state index in [-0.39, 0.29) is 6.03 Å². The fraction of sp³-hybridized carbons (Fsp3) is 0.263. The highest BCUT2D eigenvalue weighted by Gasteiger charge is 2.15. The van der Waals surface area contributed by atoms with Gasteiger partial charge in [0.2, 0.25) is 0 Å². The highest BCUT2D eigenvalue weighted by atomic mass is 16.5. The quantitative estimate of drug-likeness (QED) is 0.771. The molecule has 0 radical (unpaired) electrons. The van der Waals surface area contributed by atoms with Gasteiger partial charge in [-0.05, 0) is 31.2 Å². The number of hydrogen-bond donors (Lipinski definition) is 1. The molecule has 0 saturated carbocycles. The predicted molar refractivity (Wildman–Crippen MR) is 98.9 cm³/mol. The zero-order valence-electron chi connectivity index (χ0n) is 14.7. The molecule has 0 fully saturated rings. The zero-order chi connectivity index (χ0) is 17.8. The minimum atomic E-state index is -0.192. The van der Waals surface area contributed by atoms with Gasteiger partial charge in [-0.25, -0.2) is 9.78 Å². The number of aryl methyl sites for hydroxylation is 1. The SMILES string of the molecule is CCn1c(CN(C)C(=O)Nc2cccc(OC)c2)nc2ccccc21. The van der Waals surface area contributed by atoms with Crippen LogP contribution in [0.4, 0.5) is 10.5 Å². The first-order valence-electron chi connectivity index (χ1n) is 8.22. The average molecular weight is 338 g/mol. The van der Waals surface area contributed by atoms with Crippen molar-refractivity contribution < 1.29 is 9.53 Å². The van der Waals surface area contributed by atoms with Gasteiger partial charge in [0.1, 0.15) is 11.6 Å². The molecule has 0 saturated heterocycles. The van der Waals surface area contributed by atoms with E-state index in [1.807, 2.05) is 42.5 Å². The molecule has 0 aliphatic carbocycles. The third-order valence-corrected chi connectivity index (χ3v) is 4.10. The fourth-order valence-corrected chi connectivity index (χ4v) is 2.80. The largest absolute Gasteiger partial charge is 0.497 e. The normalized spacial score (nSPS) is 10.7. The summed E-state index contributed by atoms with van der Waals surface area (Å²) >= 11 is 0. The van der Waals surface area contributed by atoms with Gasteiger partial charge in [-0.2, -0.15) is 0 Å². The van der Waals surface area contributed by atoms with Crippen LogP contribution in [0.1, 0.15) is 12.7 Å². The molecule has 3 rings (SSSR count). The van der Waals surface area contributed by atoms with Crippen molar-refractivity contribution in [2.24, 2.45) is 0 Å². The summed E-state index contributed by atoms with van der Waals surface area (Å²) in [6.07, 6.45) is 0. The summed E-state index contributed by atoms with van der Waals surface area (Å²) in [5.41, 5.74) is 2.72. The Balaban J connectivity index is 1.75. The molecule has 0 spiro atoms. The first kappa shape index (κ1) is 16.8. The Labute approximate surface area is 147 Å². The number of rotatable bonds is 5. The van der Waals surface area contributed by atoms with Gasteiger partial charge < -0.3 is 19.5 Å². The minimum absolute atomic E-state index is 0.192. The lowest BCUT2D eigenvalue weighted by Crippen LogP contribution is -2.31. The molecule has 0 aliphatic heterocycles. The lowest BCUT2D eigenvalue weighted by molar-refractivity contribution is 0.219. The summed E-state index contributed by atoms with van der Waals surface area (Å²) in [6.45, 7) is 3.31. The molecule has 0 unspecified atom stereocenters. The number of nitrogens with one attached hydrogen (secondary N) is 1. The van der Waals surface area contributed by atoms with Gasteiger partial charge in [0.25, 0.3) is 0 Å². The second-order valence-electron chi connectivity index (χ2n) is 5.78. The molecule has 130 valence electrons. The summed E-state index contributed by atoms with van der Waals surface area (Å²) in [5.74, 6) is 1.57. The number of anilines is 1. The van der Waals surface area contributed by atoms with Crippen molar-refractivity contribution in [2.75, 3.05) is 19.5 Å². The molecule has 3 aromatic rings. The van der Waals surface area contributed by atoms with E-state index >= 15 is 0 Å². The van der Waals surface area contributed by atoms with Crippen molar-refractivity contribution in [2.45, 2.75) is 20.0 Å². The second kappa shape index (κ2) is 7.25. The third-order valence-electron chi connectivity index (χ3n) is 4.10. The highest BCUT2D eigenvalue weighted by Crippen LogP contribution is 2.19. The average Bonchev–Trinajstić information content (AvgIpc) is 2.98. The van der Waals surface area contributed by atoms with Crippen molar-refractivity contribution in [3.05, 3.63) is 54.4 Å². The predicted octanol–water partition coefficient (Wildman–Crippen LogP) is 3.73. The molecule has 6 nitrogen and oxygen atoms in total. The van der Waals surface area contributed by atoms with E-state index in [0.29, 0.717) is 18.0 Å². The molecule has 1 heterocycles. The number of benzene rings is 2. The van der Waals surface area contributed by atoms with E-state index in [1.165, 1.54) is 0 Å². The van der Waals surface area contributed by atoms with Gasteiger partial charge in [0, 0.05) is 25.3 Å². The number of fused-ring (bicyclic) bond motifs is 1. The summed E-state index contributed by atoms with van der Waals surface area (Å²) in [6, 6.07) is 15.1. The fourth-order valence-electron chi connectivity index (χ4n) is 2.80. The number of hydrogen-bond acceptors (Lipinski definition) is 3. The van der Waals surface area contributed by atoms with Crippen LogP contribution in [0.5, 0.6) is 5.75 Å². The van der Waals surface area contributed by atoms with Gasteiger partial charge in [-0.1, -0.05) is 18.2 Å². The lowest BCUT2D eigenvalue weighted by Gasteiger charge is -2.18. The summed E-state index contributed by atoms with van der Waals surface area (Å²) in [4.78, 5) is 18.7. The number of carbonyl (C=O) groups excluding carboxylic acids is 1. The van der Waals surface area contributed by atoms with Gasteiger partial charge in [-0.3, -0.25) is 0 Å². The number of amides is 2. The first-order valence-corrected chi connectivity index (χ1v) is 8.22. The summed E-state index contributed by atoms with van der Waals surface area (Å²) in [7, 11) is 3.36. The number of para-hydroxylation sites is 2. The Bertz CT molecular complexity index is 888. The van der Waals surface area contributed by atoms with E-state index in [1.54, 1.807) is 25.1 Å². The zero-order valence-corrected chi connectivity index (χ0v) is 14.7. The van der Waals surface area contributed by atoms with Crippen LogP contribution in [0.2, 0.25) is 0 Å². The number of nitrogens with zero attached hydrogens (tertiary/aromatic N) is 3. The minimum Gasteiger partial charge on any atom is -0.497 e. The van der Waals surface area contributed by atoms with Crippen LogP contribution in [0.3, 0.4) is 0 Å². The van der Waals surface area contributed by atoms with Crippen LogP contribution in [0, 0.1) is 0 Å². The van der Waals surface area contributed by atoms with Gasteiger partial charge in [0.05, 0.1) is 24.7 Å². The molecule has 25 heavy (non-hydrogen) atoms. The number of urea groups is 1. The van der Waals surface area contributed by atoms with Crippen molar-refractivity contribution in [3.8, 4) is 5.75 Å². The topological polar surface area (TPSA) is 59.4 Å². The van der Waals surface area contributed by atoms with Gasteiger partial charge in [0.15, 0.2) is 0 Å². The molecular formula is C19H22N4O2. The maximum absolute atomic E-state index is 12.5. The third kappa shape index (κ3) is 3.57. The first-order chi connectivity index (χ1) is 12.1. The van der Waals surface area contributed by atoms with Crippen LogP contribution >= 0.6 is 0 Å². The smallest absolute Gasteiger partial charge is 0.321 e. The van der Waals surface area contributed by atoms with Crippen LogP contribution in [0.15, 0.2) is 48.5 Å².